The highest BCUT2D eigenvalue weighted by Crippen LogP contribution is 2.22. The van der Waals surface area contributed by atoms with Gasteiger partial charge in [-0.15, -0.1) is 16.6 Å². The summed E-state index contributed by atoms with van der Waals surface area (Å²) in [6.45, 7) is 3.42. The van der Waals surface area contributed by atoms with Gasteiger partial charge in [-0.2, -0.15) is 0 Å². The van der Waals surface area contributed by atoms with Crippen LogP contribution in [0.25, 0.3) is 0 Å². The average Bonchev–Trinajstić information content (AvgIpc) is 2.59. The number of aryl methyl sites for hydroxylation is 2. The molecule has 10 heteroatoms. The topological polar surface area (TPSA) is 118 Å². The third-order valence-corrected chi connectivity index (χ3v) is 5.89. The summed E-state index contributed by atoms with van der Waals surface area (Å²) in [6, 6.07) is 11.0. The van der Waals surface area contributed by atoms with Crippen molar-refractivity contribution in [1.82, 2.24) is 10.3 Å². The van der Waals surface area contributed by atoms with Crippen LogP contribution in [0.15, 0.2) is 52.3 Å². The molecule has 0 heterocycles. The molecule has 0 unspecified atom stereocenters. The fraction of sp³-hybridized carbons (Fsp3) is 0.188. The van der Waals surface area contributed by atoms with E-state index in [4.69, 9.17) is 0 Å². The molecule has 0 radical (unpaired) electrons. The lowest BCUT2D eigenvalue weighted by atomic mass is 10.2. The van der Waals surface area contributed by atoms with Gasteiger partial charge in [0.1, 0.15) is 0 Å². The summed E-state index contributed by atoms with van der Waals surface area (Å²) in [5, 5.41) is 10.9. The van der Waals surface area contributed by atoms with Gasteiger partial charge in [0.25, 0.3) is 15.7 Å². The standard InChI is InChI=1S/C16H17N3O5S2/c1-11-7-8-13(9-14(11)19(21)22)26(23,24)18-17-16(20)10-25-15-6-4-3-5-12(15)2/h3-9,18H,10H2,1-2H3,(H,17,20). The smallest absolute Gasteiger partial charge is 0.273 e. The first-order valence-electron chi connectivity index (χ1n) is 7.45. The van der Waals surface area contributed by atoms with E-state index in [1.54, 1.807) is 0 Å². The first-order valence-corrected chi connectivity index (χ1v) is 9.91. The van der Waals surface area contributed by atoms with Crippen molar-refractivity contribution in [2.45, 2.75) is 23.6 Å². The molecule has 2 aromatic carbocycles. The molecule has 0 bridgehead atoms. The Balaban J connectivity index is 1.99. The molecule has 0 aliphatic rings. The zero-order chi connectivity index (χ0) is 19.3. The number of amides is 1. The highest BCUT2D eigenvalue weighted by atomic mass is 32.2. The predicted molar refractivity (Wildman–Crippen MR) is 98.2 cm³/mol. The minimum atomic E-state index is -4.11. The minimum Gasteiger partial charge on any atom is -0.277 e. The quantitative estimate of drug-likeness (QED) is 0.422. The van der Waals surface area contributed by atoms with Gasteiger partial charge in [0.15, 0.2) is 0 Å². The van der Waals surface area contributed by atoms with Crippen LogP contribution in [0.2, 0.25) is 0 Å². The van der Waals surface area contributed by atoms with Crippen molar-refractivity contribution >= 4 is 33.4 Å². The molecule has 26 heavy (non-hydrogen) atoms. The molecule has 0 aromatic heterocycles. The van der Waals surface area contributed by atoms with E-state index < -0.39 is 20.9 Å². The van der Waals surface area contributed by atoms with E-state index >= 15 is 0 Å². The lowest BCUT2D eigenvalue weighted by molar-refractivity contribution is -0.385. The van der Waals surface area contributed by atoms with E-state index in [-0.39, 0.29) is 16.3 Å². The molecule has 2 rings (SSSR count). The number of carbonyl (C=O) groups excluding carboxylic acids is 1. The summed E-state index contributed by atoms with van der Waals surface area (Å²) in [4.78, 5) is 24.7. The monoisotopic (exact) mass is 395 g/mol. The number of nitrogens with zero attached hydrogens (tertiary/aromatic N) is 1. The predicted octanol–water partition coefficient (Wildman–Crippen LogP) is 2.31. The normalized spacial score (nSPS) is 11.2. The van der Waals surface area contributed by atoms with Gasteiger partial charge < -0.3 is 0 Å². The number of nitro groups is 1. The van der Waals surface area contributed by atoms with Crippen LogP contribution >= 0.6 is 11.8 Å². The van der Waals surface area contributed by atoms with Crippen LogP contribution in [0.3, 0.4) is 0 Å². The maximum absolute atomic E-state index is 12.2. The van der Waals surface area contributed by atoms with Gasteiger partial charge in [0.05, 0.1) is 15.6 Å². The lowest BCUT2D eigenvalue weighted by Crippen LogP contribution is -2.42. The number of benzene rings is 2. The molecular weight excluding hydrogens is 378 g/mol. The molecule has 0 aliphatic heterocycles. The van der Waals surface area contributed by atoms with Crippen LogP contribution in [0.4, 0.5) is 5.69 Å². The fourth-order valence-corrected chi connectivity index (χ4v) is 3.74. The van der Waals surface area contributed by atoms with Gasteiger partial charge >= 0.3 is 0 Å². The van der Waals surface area contributed by atoms with E-state index in [9.17, 15) is 23.3 Å². The van der Waals surface area contributed by atoms with Crippen LogP contribution in [0.5, 0.6) is 0 Å². The van der Waals surface area contributed by atoms with Crippen molar-refractivity contribution < 1.29 is 18.1 Å². The van der Waals surface area contributed by atoms with Crippen LogP contribution in [-0.2, 0) is 14.8 Å². The first-order chi connectivity index (χ1) is 12.2. The third-order valence-electron chi connectivity index (χ3n) is 3.46. The number of rotatable bonds is 7. The van der Waals surface area contributed by atoms with Crippen LogP contribution < -0.4 is 10.3 Å². The maximum Gasteiger partial charge on any atom is 0.273 e. The number of carbonyl (C=O) groups is 1. The van der Waals surface area contributed by atoms with E-state index in [0.717, 1.165) is 16.5 Å². The van der Waals surface area contributed by atoms with Crippen molar-refractivity contribution in [3.8, 4) is 0 Å². The molecule has 0 spiro atoms. The van der Waals surface area contributed by atoms with Crippen molar-refractivity contribution in [2.24, 2.45) is 0 Å². The molecule has 2 aromatic rings. The summed E-state index contributed by atoms with van der Waals surface area (Å²) in [5.74, 6) is -0.523. The minimum absolute atomic E-state index is 0.0153. The molecule has 0 fully saturated rings. The summed E-state index contributed by atoms with van der Waals surface area (Å²) in [5.41, 5.74) is 3.15. The number of thioether (sulfide) groups is 1. The van der Waals surface area contributed by atoms with E-state index in [2.05, 4.69) is 5.43 Å². The Morgan fingerprint density at radius 1 is 1.15 bits per heavy atom. The number of sulfonamides is 1. The summed E-state index contributed by atoms with van der Waals surface area (Å²) in [7, 11) is -4.11. The van der Waals surface area contributed by atoms with E-state index in [1.807, 2.05) is 36.0 Å². The molecule has 138 valence electrons. The summed E-state index contributed by atoms with van der Waals surface area (Å²) in [6.07, 6.45) is 0. The van der Waals surface area contributed by atoms with Crippen molar-refractivity contribution in [2.75, 3.05) is 5.75 Å². The molecule has 1 amide bonds. The number of nitro benzene ring substituents is 1. The van der Waals surface area contributed by atoms with Gasteiger partial charge in [0.2, 0.25) is 5.91 Å². The maximum atomic E-state index is 12.2. The number of hydrogen-bond donors (Lipinski definition) is 2. The second-order valence-corrected chi connectivity index (χ2v) is 8.11. The lowest BCUT2D eigenvalue weighted by Gasteiger charge is -2.09. The zero-order valence-electron chi connectivity index (χ0n) is 14.1. The van der Waals surface area contributed by atoms with Crippen molar-refractivity contribution in [1.29, 1.82) is 0 Å². The molecule has 8 nitrogen and oxygen atoms in total. The highest BCUT2D eigenvalue weighted by Gasteiger charge is 2.20. The fourth-order valence-electron chi connectivity index (χ4n) is 2.03. The SMILES string of the molecule is Cc1ccccc1SCC(=O)NNS(=O)(=O)c1ccc(C)c([N+](=O)[O-])c1. The van der Waals surface area contributed by atoms with Crippen LogP contribution in [-0.4, -0.2) is 25.0 Å². The Kier molecular flexibility index (Phi) is 6.35. The Labute approximate surface area is 155 Å². The van der Waals surface area contributed by atoms with Gasteiger partial charge in [-0.3, -0.25) is 20.3 Å². The highest BCUT2D eigenvalue weighted by molar-refractivity contribution is 8.00. The second-order valence-electron chi connectivity index (χ2n) is 5.41. The van der Waals surface area contributed by atoms with E-state index in [1.165, 1.54) is 30.8 Å². The molecule has 0 saturated heterocycles. The van der Waals surface area contributed by atoms with Crippen molar-refractivity contribution in [3.63, 3.8) is 0 Å². The number of hydrazine groups is 1. The number of hydrogen-bond acceptors (Lipinski definition) is 6. The van der Waals surface area contributed by atoms with Gasteiger partial charge in [-0.25, -0.2) is 8.42 Å². The Hall–Kier alpha value is -2.43. The Bertz CT molecular complexity index is 945. The van der Waals surface area contributed by atoms with Gasteiger partial charge in [-0.05, 0) is 31.5 Å². The van der Waals surface area contributed by atoms with Gasteiger partial charge in [-0.1, -0.05) is 24.3 Å². The summed E-state index contributed by atoms with van der Waals surface area (Å²) < 4.78 is 24.4. The zero-order valence-corrected chi connectivity index (χ0v) is 15.7. The Morgan fingerprint density at radius 3 is 2.50 bits per heavy atom. The Morgan fingerprint density at radius 2 is 1.85 bits per heavy atom. The molecule has 0 aliphatic carbocycles. The summed E-state index contributed by atoms with van der Waals surface area (Å²) >= 11 is 1.27. The molecule has 0 atom stereocenters. The molecular formula is C16H17N3O5S2. The average molecular weight is 395 g/mol. The third kappa shape index (κ3) is 5.04. The number of nitrogens with one attached hydrogen (secondary N) is 2. The molecule has 0 saturated carbocycles. The van der Waals surface area contributed by atoms with Crippen molar-refractivity contribution in [3.05, 3.63) is 63.7 Å². The van der Waals surface area contributed by atoms with Gasteiger partial charge in [0, 0.05) is 16.5 Å². The first kappa shape index (κ1) is 19.9. The van der Waals surface area contributed by atoms with Crippen LogP contribution in [0, 0.1) is 24.0 Å². The second kappa shape index (κ2) is 8.30. The van der Waals surface area contributed by atoms with Crippen LogP contribution in [0.1, 0.15) is 11.1 Å². The largest absolute Gasteiger partial charge is 0.277 e. The molecule has 2 N–H and O–H groups in total. The van der Waals surface area contributed by atoms with E-state index in [0.29, 0.717) is 5.56 Å².